The molecule has 0 radical (unpaired) electrons. The van der Waals surface area contributed by atoms with Crippen LogP contribution in [0.3, 0.4) is 0 Å². The van der Waals surface area contributed by atoms with Crippen LogP contribution in [0, 0.1) is 12.8 Å². The van der Waals surface area contributed by atoms with E-state index in [0.717, 1.165) is 55.5 Å². The van der Waals surface area contributed by atoms with Crippen molar-refractivity contribution in [1.82, 2.24) is 9.97 Å². The summed E-state index contributed by atoms with van der Waals surface area (Å²) in [4.78, 5) is 12.0. The van der Waals surface area contributed by atoms with Gasteiger partial charge in [0.25, 0.3) is 0 Å². The van der Waals surface area contributed by atoms with Crippen LogP contribution >= 0.6 is 0 Å². The van der Waals surface area contributed by atoms with Crippen molar-refractivity contribution < 1.29 is 5.11 Å². The third kappa shape index (κ3) is 3.12. The Kier molecular flexibility index (Phi) is 4.29. The Morgan fingerprint density at radius 1 is 1.29 bits per heavy atom. The van der Waals surface area contributed by atoms with E-state index < -0.39 is 0 Å². The predicted molar refractivity (Wildman–Crippen MR) is 84.9 cm³/mol. The lowest BCUT2D eigenvalue weighted by Gasteiger charge is -2.22. The van der Waals surface area contributed by atoms with Crippen molar-refractivity contribution >= 4 is 11.6 Å². The molecule has 1 unspecified atom stereocenters. The summed E-state index contributed by atoms with van der Waals surface area (Å²) in [5, 5.41) is 12.5. The second-order valence-corrected chi connectivity index (χ2v) is 6.30. The molecule has 3 rings (SSSR count). The van der Waals surface area contributed by atoms with Crippen molar-refractivity contribution in [2.24, 2.45) is 5.92 Å². The Morgan fingerprint density at radius 2 is 2.10 bits per heavy atom. The fourth-order valence-corrected chi connectivity index (χ4v) is 3.14. The van der Waals surface area contributed by atoms with Crippen molar-refractivity contribution in [3.05, 3.63) is 11.4 Å². The number of rotatable bonds is 6. The second-order valence-electron chi connectivity index (χ2n) is 6.30. The molecule has 5 heteroatoms. The molecule has 1 atom stereocenters. The number of hydrogen-bond acceptors (Lipinski definition) is 5. The van der Waals surface area contributed by atoms with Gasteiger partial charge in [0.2, 0.25) is 0 Å². The predicted octanol–water partition coefficient (Wildman–Crippen LogP) is 2.30. The summed E-state index contributed by atoms with van der Waals surface area (Å²) >= 11 is 0. The van der Waals surface area contributed by atoms with Gasteiger partial charge < -0.3 is 15.3 Å². The van der Waals surface area contributed by atoms with Crippen molar-refractivity contribution in [2.45, 2.75) is 45.4 Å². The summed E-state index contributed by atoms with van der Waals surface area (Å²) in [6.07, 6.45) is 4.50. The van der Waals surface area contributed by atoms with Crippen LogP contribution in [0.15, 0.2) is 0 Å². The van der Waals surface area contributed by atoms with E-state index in [-0.39, 0.29) is 6.61 Å². The molecule has 0 aromatic carbocycles. The van der Waals surface area contributed by atoms with Gasteiger partial charge in [0, 0.05) is 37.7 Å². The molecule has 5 nitrogen and oxygen atoms in total. The quantitative estimate of drug-likeness (QED) is 0.842. The minimum absolute atomic E-state index is 0.289. The molecule has 21 heavy (non-hydrogen) atoms. The summed E-state index contributed by atoms with van der Waals surface area (Å²) in [5.74, 6) is 4.27. The van der Waals surface area contributed by atoms with E-state index in [9.17, 15) is 0 Å². The van der Waals surface area contributed by atoms with Crippen LogP contribution in [0.4, 0.5) is 11.6 Å². The van der Waals surface area contributed by atoms with Crippen molar-refractivity contribution in [3.63, 3.8) is 0 Å². The monoisotopic (exact) mass is 290 g/mol. The maximum atomic E-state index is 9.12. The van der Waals surface area contributed by atoms with E-state index in [4.69, 9.17) is 15.1 Å². The molecule has 2 heterocycles. The first kappa shape index (κ1) is 14.6. The average Bonchev–Trinajstić information content (AvgIpc) is 3.22. The standard InChI is InChI=1S/C16H26N4O/c1-3-17-14-11(2)16(19-15(18-14)13-4-5-13)20-8-6-12(10-20)7-9-21/h12-13,21H,3-10H2,1-2H3,(H,17,18,19). The van der Waals surface area contributed by atoms with Gasteiger partial charge in [0.1, 0.15) is 17.5 Å². The van der Waals surface area contributed by atoms with Crippen LogP contribution < -0.4 is 10.2 Å². The molecule has 2 N–H and O–H groups in total. The van der Waals surface area contributed by atoms with Crippen LogP contribution in [0.5, 0.6) is 0 Å². The molecular weight excluding hydrogens is 264 g/mol. The molecule has 1 saturated carbocycles. The highest BCUT2D eigenvalue weighted by atomic mass is 16.3. The smallest absolute Gasteiger partial charge is 0.137 e. The van der Waals surface area contributed by atoms with Gasteiger partial charge in [0.15, 0.2) is 0 Å². The molecule has 0 spiro atoms. The zero-order chi connectivity index (χ0) is 14.8. The number of nitrogens with zero attached hydrogens (tertiary/aromatic N) is 3. The van der Waals surface area contributed by atoms with E-state index in [1.165, 1.54) is 12.8 Å². The zero-order valence-electron chi connectivity index (χ0n) is 13.1. The Balaban J connectivity index is 1.86. The maximum Gasteiger partial charge on any atom is 0.137 e. The summed E-state index contributed by atoms with van der Waals surface area (Å²) in [5.41, 5.74) is 1.16. The minimum Gasteiger partial charge on any atom is -0.396 e. The van der Waals surface area contributed by atoms with Crippen molar-refractivity contribution in [2.75, 3.05) is 36.5 Å². The lowest BCUT2D eigenvalue weighted by Crippen LogP contribution is -2.23. The molecule has 1 aromatic rings. The molecule has 1 aliphatic carbocycles. The van der Waals surface area contributed by atoms with E-state index in [2.05, 4.69) is 24.1 Å². The largest absolute Gasteiger partial charge is 0.396 e. The molecule has 1 aromatic heterocycles. The van der Waals surface area contributed by atoms with Crippen LogP contribution in [0.1, 0.15) is 49.9 Å². The highest BCUT2D eigenvalue weighted by Crippen LogP contribution is 2.40. The fraction of sp³-hybridized carbons (Fsp3) is 0.750. The molecule has 2 fully saturated rings. The number of nitrogens with one attached hydrogen (secondary N) is 1. The SMILES string of the molecule is CCNc1nc(C2CC2)nc(N2CCC(CCO)C2)c1C. The Morgan fingerprint density at radius 3 is 2.76 bits per heavy atom. The minimum atomic E-state index is 0.289. The third-order valence-corrected chi connectivity index (χ3v) is 4.55. The molecule has 2 aliphatic rings. The van der Waals surface area contributed by atoms with Crippen LogP contribution in [0.25, 0.3) is 0 Å². The first-order valence-electron chi connectivity index (χ1n) is 8.21. The summed E-state index contributed by atoms with van der Waals surface area (Å²) in [6.45, 7) is 7.44. The molecule has 1 saturated heterocycles. The van der Waals surface area contributed by atoms with Crippen LogP contribution in [-0.4, -0.2) is 41.3 Å². The summed E-state index contributed by atoms with van der Waals surface area (Å²) in [7, 11) is 0. The maximum absolute atomic E-state index is 9.12. The van der Waals surface area contributed by atoms with Gasteiger partial charge in [-0.2, -0.15) is 0 Å². The lowest BCUT2D eigenvalue weighted by molar-refractivity contribution is 0.263. The summed E-state index contributed by atoms with van der Waals surface area (Å²) in [6, 6.07) is 0. The lowest BCUT2D eigenvalue weighted by atomic mass is 10.1. The molecule has 0 bridgehead atoms. The highest BCUT2D eigenvalue weighted by Gasteiger charge is 2.30. The average molecular weight is 290 g/mol. The van der Waals surface area contributed by atoms with E-state index in [1.54, 1.807) is 0 Å². The number of hydrogen-bond donors (Lipinski definition) is 2. The number of aromatic nitrogens is 2. The number of aliphatic hydroxyl groups excluding tert-OH is 1. The van der Waals surface area contributed by atoms with E-state index in [1.807, 2.05) is 0 Å². The van der Waals surface area contributed by atoms with Crippen molar-refractivity contribution in [1.29, 1.82) is 0 Å². The number of aliphatic hydroxyl groups is 1. The van der Waals surface area contributed by atoms with Gasteiger partial charge in [-0.1, -0.05) is 0 Å². The second kappa shape index (κ2) is 6.18. The fourth-order valence-electron chi connectivity index (χ4n) is 3.14. The van der Waals surface area contributed by atoms with Gasteiger partial charge in [-0.15, -0.1) is 0 Å². The molecule has 1 aliphatic heterocycles. The van der Waals surface area contributed by atoms with Gasteiger partial charge >= 0.3 is 0 Å². The molecule has 0 amide bonds. The van der Waals surface area contributed by atoms with Gasteiger partial charge in [-0.25, -0.2) is 9.97 Å². The first-order chi connectivity index (χ1) is 10.2. The first-order valence-corrected chi connectivity index (χ1v) is 8.21. The van der Waals surface area contributed by atoms with Gasteiger partial charge in [-0.3, -0.25) is 0 Å². The molecule has 116 valence electrons. The topological polar surface area (TPSA) is 61.3 Å². The number of anilines is 2. The Labute approximate surface area is 126 Å². The Bertz CT molecular complexity index is 501. The molecular formula is C16H26N4O. The zero-order valence-corrected chi connectivity index (χ0v) is 13.1. The summed E-state index contributed by atoms with van der Waals surface area (Å²) < 4.78 is 0. The van der Waals surface area contributed by atoms with Crippen LogP contribution in [-0.2, 0) is 0 Å². The normalized spacial score (nSPS) is 21.9. The highest BCUT2D eigenvalue weighted by molar-refractivity contribution is 5.59. The van der Waals surface area contributed by atoms with Gasteiger partial charge in [0.05, 0.1) is 0 Å². The van der Waals surface area contributed by atoms with Crippen LogP contribution in [0.2, 0.25) is 0 Å². The third-order valence-electron chi connectivity index (χ3n) is 4.55. The van der Waals surface area contributed by atoms with Gasteiger partial charge in [-0.05, 0) is 45.4 Å². The van der Waals surface area contributed by atoms with E-state index >= 15 is 0 Å². The Hall–Kier alpha value is -1.36. The van der Waals surface area contributed by atoms with Crippen molar-refractivity contribution in [3.8, 4) is 0 Å². The van der Waals surface area contributed by atoms with E-state index in [0.29, 0.717) is 11.8 Å².